The molecule has 1 aliphatic heterocycles. The molecule has 0 unspecified atom stereocenters. The number of H-pyrrole nitrogens is 1. The predicted octanol–water partition coefficient (Wildman–Crippen LogP) is 1.65. The molecule has 1 atom stereocenters. The van der Waals surface area contributed by atoms with E-state index < -0.39 is 0 Å². The highest BCUT2D eigenvalue weighted by molar-refractivity contribution is 5.88. The Labute approximate surface area is 176 Å². The number of aromatic nitrogens is 2. The number of carbonyl (C=O) groups excluding carboxylic acids is 1. The number of rotatable bonds is 8. The minimum absolute atomic E-state index is 0.00958. The number of ether oxygens (including phenoxy) is 1. The van der Waals surface area contributed by atoms with Crippen LogP contribution in [-0.4, -0.2) is 67.2 Å². The molecule has 160 valence electrons. The van der Waals surface area contributed by atoms with Crippen LogP contribution >= 0.6 is 0 Å². The van der Waals surface area contributed by atoms with Gasteiger partial charge in [-0.1, -0.05) is 6.08 Å². The lowest BCUT2D eigenvalue weighted by molar-refractivity contribution is -0.125. The standard InChI is InChI=1S/C22H29N5O3/c1-4-27(18-8-11-26(15-18)21(28)6-5-9-23-2)19-12-17(14-25-22(19)29)16-7-10-24-20(13-16)30-3/h5-7,10,12-14,18,23H,4,8-9,11,15H2,1-3H3,(H,25,29)/t18-/m1/s1. The van der Waals surface area contributed by atoms with Gasteiger partial charge in [0.2, 0.25) is 11.8 Å². The van der Waals surface area contributed by atoms with Gasteiger partial charge in [0.05, 0.1) is 7.11 Å². The second-order valence-corrected chi connectivity index (χ2v) is 7.16. The van der Waals surface area contributed by atoms with Crippen molar-refractivity contribution in [3.8, 4) is 17.0 Å². The summed E-state index contributed by atoms with van der Waals surface area (Å²) in [7, 11) is 3.41. The van der Waals surface area contributed by atoms with E-state index in [-0.39, 0.29) is 17.5 Å². The summed E-state index contributed by atoms with van der Waals surface area (Å²) < 4.78 is 5.21. The van der Waals surface area contributed by atoms with Crippen molar-refractivity contribution < 1.29 is 9.53 Å². The summed E-state index contributed by atoms with van der Waals surface area (Å²) in [5.74, 6) is 0.527. The van der Waals surface area contributed by atoms with Crippen molar-refractivity contribution in [3.63, 3.8) is 0 Å². The van der Waals surface area contributed by atoms with E-state index >= 15 is 0 Å². The van der Waals surface area contributed by atoms with Crippen LogP contribution in [0.25, 0.3) is 11.1 Å². The van der Waals surface area contributed by atoms with Gasteiger partial charge in [-0.05, 0) is 38.1 Å². The van der Waals surface area contributed by atoms with Crippen LogP contribution in [0.15, 0.2) is 47.5 Å². The second kappa shape index (κ2) is 10.1. The number of pyridine rings is 2. The maximum atomic E-state index is 12.6. The zero-order chi connectivity index (χ0) is 21.5. The fourth-order valence-electron chi connectivity index (χ4n) is 3.76. The van der Waals surface area contributed by atoms with Crippen LogP contribution in [0.1, 0.15) is 13.3 Å². The Morgan fingerprint density at radius 3 is 3.00 bits per heavy atom. The summed E-state index contributed by atoms with van der Waals surface area (Å²) in [6.45, 7) is 4.64. The molecular weight excluding hydrogens is 382 g/mol. The van der Waals surface area contributed by atoms with Gasteiger partial charge in [0.25, 0.3) is 5.56 Å². The number of likely N-dealkylation sites (N-methyl/N-ethyl adjacent to an activating group) is 2. The van der Waals surface area contributed by atoms with E-state index in [0.717, 1.165) is 17.5 Å². The Bertz CT molecular complexity index is 956. The quantitative estimate of drug-likeness (QED) is 0.642. The van der Waals surface area contributed by atoms with E-state index in [1.54, 1.807) is 25.6 Å². The predicted molar refractivity (Wildman–Crippen MR) is 118 cm³/mol. The minimum Gasteiger partial charge on any atom is -0.481 e. The molecule has 30 heavy (non-hydrogen) atoms. The number of nitrogens with zero attached hydrogens (tertiary/aromatic N) is 3. The number of methoxy groups -OCH3 is 1. The maximum Gasteiger partial charge on any atom is 0.271 e. The molecular formula is C22H29N5O3. The van der Waals surface area contributed by atoms with Gasteiger partial charge in [0.1, 0.15) is 5.69 Å². The van der Waals surface area contributed by atoms with Gasteiger partial charge >= 0.3 is 0 Å². The zero-order valence-corrected chi connectivity index (χ0v) is 17.7. The summed E-state index contributed by atoms with van der Waals surface area (Å²) >= 11 is 0. The monoisotopic (exact) mass is 411 g/mol. The molecule has 8 heteroatoms. The van der Waals surface area contributed by atoms with Gasteiger partial charge in [-0.15, -0.1) is 0 Å². The van der Waals surface area contributed by atoms with E-state index in [1.807, 2.05) is 43.1 Å². The molecule has 0 radical (unpaired) electrons. The van der Waals surface area contributed by atoms with Crippen molar-refractivity contribution in [3.05, 3.63) is 53.1 Å². The third kappa shape index (κ3) is 4.88. The molecule has 3 heterocycles. The van der Waals surface area contributed by atoms with Crippen LogP contribution in [0.2, 0.25) is 0 Å². The molecule has 1 fully saturated rings. The first-order valence-electron chi connectivity index (χ1n) is 10.2. The number of carbonyl (C=O) groups is 1. The topological polar surface area (TPSA) is 90.6 Å². The van der Waals surface area contributed by atoms with E-state index in [0.29, 0.717) is 37.7 Å². The minimum atomic E-state index is -0.139. The van der Waals surface area contributed by atoms with Crippen molar-refractivity contribution >= 4 is 11.6 Å². The Balaban J connectivity index is 1.81. The average Bonchev–Trinajstić information content (AvgIpc) is 3.25. The summed E-state index contributed by atoms with van der Waals surface area (Å²) in [6, 6.07) is 5.71. The molecule has 0 aliphatic carbocycles. The molecule has 8 nitrogen and oxygen atoms in total. The summed E-state index contributed by atoms with van der Waals surface area (Å²) in [5, 5.41) is 2.99. The fourth-order valence-corrected chi connectivity index (χ4v) is 3.76. The molecule has 0 aromatic carbocycles. The first-order chi connectivity index (χ1) is 14.6. The molecule has 3 rings (SSSR count). The largest absolute Gasteiger partial charge is 0.481 e. The molecule has 2 aromatic heterocycles. The highest BCUT2D eigenvalue weighted by Gasteiger charge is 2.30. The van der Waals surface area contributed by atoms with E-state index in [4.69, 9.17) is 4.74 Å². The van der Waals surface area contributed by atoms with Crippen LogP contribution in [0, 0.1) is 0 Å². The lowest BCUT2D eigenvalue weighted by Crippen LogP contribution is -2.41. The van der Waals surface area contributed by atoms with Gasteiger partial charge < -0.3 is 24.8 Å². The number of amides is 1. The molecule has 0 bridgehead atoms. The van der Waals surface area contributed by atoms with Gasteiger partial charge in [0, 0.05) is 62.3 Å². The average molecular weight is 412 g/mol. The third-order valence-corrected chi connectivity index (χ3v) is 5.31. The lowest BCUT2D eigenvalue weighted by atomic mass is 10.1. The maximum absolute atomic E-state index is 12.6. The molecule has 0 spiro atoms. The smallest absolute Gasteiger partial charge is 0.271 e. The first-order valence-corrected chi connectivity index (χ1v) is 10.2. The fraction of sp³-hybridized carbons (Fsp3) is 0.409. The van der Waals surface area contributed by atoms with Crippen molar-refractivity contribution in [1.82, 2.24) is 20.2 Å². The molecule has 2 N–H and O–H groups in total. The number of nitrogens with one attached hydrogen (secondary N) is 2. The Hall–Kier alpha value is -3.13. The molecule has 1 saturated heterocycles. The van der Waals surface area contributed by atoms with Crippen molar-refractivity contribution in [1.29, 1.82) is 0 Å². The van der Waals surface area contributed by atoms with E-state index in [1.165, 1.54) is 0 Å². The summed E-state index contributed by atoms with van der Waals surface area (Å²) in [4.78, 5) is 35.9. The van der Waals surface area contributed by atoms with Crippen LogP contribution < -0.4 is 20.5 Å². The number of aromatic amines is 1. The van der Waals surface area contributed by atoms with Gasteiger partial charge in [0.15, 0.2) is 0 Å². The highest BCUT2D eigenvalue weighted by atomic mass is 16.5. The number of hydrogen-bond acceptors (Lipinski definition) is 6. The lowest BCUT2D eigenvalue weighted by Gasteiger charge is -2.29. The zero-order valence-electron chi connectivity index (χ0n) is 17.7. The van der Waals surface area contributed by atoms with Crippen LogP contribution in [0.5, 0.6) is 5.88 Å². The molecule has 1 amide bonds. The van der Waals surface area contributed by atoms with Crippen LogP contribution in [-0.2, 0) is 4.79 Å². The van der Waals surface area contributed by atoms with E-state index in [2.05, 4.69) is 20.2 Å². The number of hydrogen-bond donors (Lipinski definition) is 2. The Morgan fingerprint density at radius 2 is 2.27 bits per heavy atom. The SMILES string of the molecule is CCN(c1cc(-c2ccnc(OC)c2)c[nH]c1=O)[C@@H]1CCN(C(=O)C=CCNC)C1. The van der Waals surface area contributed by atoms with Gasteiger partial charge in [-0.2, -0.15) is 0 Å². The second-order valence-electron chi connectivity index (χ2n) is 7.16. The Morgan fingerprint density at radius 1 is 1.43 bits per heavy atom. The van der Waals surface area contributed by atoms with Crippen LogP contribution in [0.4, 0.5) is 5.69 Å². The molecule has 0 saturated carbocycles. The third-order valence-electron chi connectivity index (χ3n) is 5.31. The van der Waals surface area contributed by atoms with Crippen molar-refractivity contribution in [2.24, 2.45) is 0 Å². The summed E-state index contributed by atoms with van der Waals surface area (Å²) in [6.07, 6.45) is 7.64. The van der Waals surface area contributed by atoms with Gasteiger partial charge in [-0.3, -0.25) is 9.59 Å². The number of anilines is 1. The Kier molecular flexibility index (Phi) is 7.24. The molecule has 1 aliphatic rings. The van der Waals surface area contributed by atoms with Gasteiger partial charge in [-0.25, -0.2) is 4.98 Å². The van der Waals surface area contributed by atoms with E-state index in [9.17, 15) is 9.59 Å². The normalized spacial score (nSPS) is 16.2. The van der Waals surface area contributed by atoms with Crippen LogP contribution in [0.3, 0.4) is 0 Å². The summed E-state index contributed by atoms with van der Waals surface area (Å²) in [5.41, 5.74) is 2.26. The highest BCUT2D eigenvalue weighted by Crippen LogP contribution is 2.26. The van der Waals surface area contributed by atoms with Crippen molar-refractivity contribution in [2.75, 3.05) is 45.2 Å². The van der Waals surface area contributed by atoms with Crippen molar-refractivity contribution in [2.45, 2.75) is 19.4 Å². The first kappa shape index (κ1) is 21.6. The number of likely N-dealkylation sites (tertiary alicyclic amines) is 1. The molecule has 2 aromatic rings.